The molecule has 2 aromatic rings. The first kappa shape index (κ1) is 13.8. The third-order valence-electron chi connectivity index (χ3n) is 3.38. The van der Waals surface area contributed by atoms with Crippen molar-refractivity contribution in [2.75, 3.05) is 22.9 Å². The van der Waals surface area contributed by atoms with Crippen LogP contribution in [0.4, 0.5) is 11.4 Å². The van der Waals surface area contributed by atoms with Gasteiger partial charge in [-0.3, -0.25) is 4.79 Å². The van der Waals surface area contributed by atoms with Gasteiger partial charge in [-0.15, -0.1) is 0 Å². The molecular formula is C16H16N2O2S. The summed E-state index contributed by atoms with van der Waals surface area (Å²) in [7, 11) is 1.75. The van der Waals surface area contributed by atoms with Gasteiger partial charge in [-0.25, -0.2) is 0 Å². The van der Waals surface area contributed by atoms with Crippen molar-refractivity contribution in [1.29, 1.82) is 0 Å². The van der Waals surface area contributed by atoms with E-state index >= 15 is 0 Å². The van der Waals surface area contributed by atoms with Gasteiger partial charge in [0.2, 0.25) is 5.91 Å². The zero-order valence-corrected chi connectivity index (χ0v) is 12.8. The van der Waals surface area contributed by atoms with Crippen molar-refractivity contribution < 1.29 is 9.63 Å². The van der Waals surface area contributed by atoms with E-state index in [-0.39, 0.29) is 5.91 Å². The van der Waals surface area contributed by atoms with Crippen molar-refractivity contribution in [3.05, 3.63) is 48.5 Å². The molecule has 1 aliphatic rings. The van der Waals surface area contributed by atoms with Gasteiger partial charge in [0.05, 0.1) is 11.4 Å². The van der Waals surface area contributed by atoms with Gasteiger partial charge in [-0.1, -0.05) is 36.0 Å². The fraction of sp³-hybridized carbons (Fsp3) is 0.188. The second-order valence-corrected chi connectivity index (χ2v) is 5.74. The van der Waals surface area contributed by atoms with Crippen LogP contribution < -0.4 is 14.8 Å². The minimum absolute atomic E-state index is 0.0257. The van der Waals surface area contributed by atoms with Crippen LogP contribution in [0.2, 0.25) is 0 Å². The first-order valence-corrected chi connectivity index (χ1v) is 7.66. The van der Waals surface area contributed by atoms with E-state index in [1.165, 1.54) is 11.8 Å². The first-order valence-electron chi connectivity index (χ1n) is 6.67. The number of thioether (sulfide) groups is 1. The van der Waals surface area contributed by atoms with E-state index in [4.69, 9.17) is 4.84 Å². The lowest BCUT2D eigenvalue weighted by molar-refractivity contribution is -0.116. The molecule has 0 saturated carbocycles. The molecule has 0 saturated heterocycles. The molecule has 0 bridgehead atoms. The first-order chi connectivity index (χ1) is 10.2. The number of rotatable bonds is 3. The van der Waals surface area contributed by atoms with Crippen LogP contribution >= 0.6 is 11.8 Å². The van der Waals surface area contributed by atoms with Crippen molar-refractivity contribution in [2.24, 2.45) is 0 Å². The molecule has 108 valence electrons. The summed E-state index contributed by atoms with van der Waals surface area (Å²) >= 11 is 1.74. The number of hydrogen-bond acceptors (Lipinski definition) is 4. The highest BCUT2D eigenvalue weighted by Crippen LogP contribution is 2.39. The number of carbonyl (C=O) groups is 1. The average Bonchev–Trinajstić information content (AvgIpc) is 2.90. The molecule has 0 radical (unpaired) electrons. The standard InChI is InChI=1S/C16H16N2O2S/c1-12(19)17(2)13-7-3-5-9-15(13)20-18-11-21-16-10-6-4-8-14(16)18/h3-10H,11H2,1-2H3. The van der Waals surface area contributed by atoms with E-state index < -0.39 is 0 Å². The van der Waals surface area contributed by atoms with Crippen LogP contribution in [0.1, 0.15) is 6.92 Å². The van der Waals surface area contributed by atoms with Crippen molar-refractivity contribution in [3.63, 3.8) is 0 Å². The van der Waals surface area contributed by atoms with E-state index in [2.05, 4.69) is 6.07 Å². The Morgan fingerprint density at radius 3 is 2.71 bits per heavy atom. The molecule has 3 rings (SSSR count). The third kappa shape index (κ3) is 2.69. The van der Waals surface area contributed by atoms with Gasteiger partial charge >= 0.3 is 0 Å². The number of hydrogen-bond donors (Lipinski definition) is 0. The molecule has 0 unspecified atom stereocenters. The van der Waals surface area contributed by atoms with Crippen LogP contribution in [-0.4, -0.2) is 18.8 Å². The maximum Gasteiger partial charge on any atom is 0.223 e. The molecule has 0 aliphatic carbocycles. The molecule has 0 N–H and O–H groups in total. The fourth-order valence-corrected chi connectivity index (χ4v) is 3.10. The molecule has 0 fully saturated rings. The number of hydroxylamine groups is 1. The summed E-state index contributed by atoms with van der Waals surface area (Å²) in [5, 5.41) is 1.85. The van der Waals surface area contributed by atoms with E-state index in [0.29, 0.717) is 5.75 Å². The van der Waals surface area contributed by atoms with Crippen molar-refractivity contribution >= 4 is 29.0 Å². The van der Waals surface area contributed by atoms with Gasteiger partial charge in [0.25, 0.3) is 0 Å². The zero-order chi connectivity index (χ0) is 14.8. The minimum atomic E-state index is -0.0257. The zero-order valence-electron chi connectivity index (χ0n) is 11.9. The second kappa shape index (κ2) is 5.69. The van der Waals surface area contributed by atoms with Crippen LogP contribution in [0.25, 0.3) is 0 Å². The topological polar surface area (TPSA) is 32.8 Å². The Labute approximate surface area is 128 Å². The Morgan fingerprint density at radius 2 is 1.90 bits per heavy atom. The van der Waals surface area contributed by atoms with Crippen LogP contribution in [0.3, 0.4) is 0 Å². The Kier molecular flexibility index (Phi) is 3.75. The lowest BCUT2D eigenvalue weighted by Crippen LogP contribution is -2.27. The minimum Gasteiger partial charge on any atom is -0.376 e. The smallest absolute Gasteiger partial charge is 0.223 e. The maximum atomic E-state index is 11.6. The summed E-state index contributed by atoms with van der Waals surface area (Å²) in [5.74, 6) is 1.38. The molecule has 1 amide bonds. The Bertz CT molecular complexity index is 675. The lowest BCUT2D eigenvalue weighted by atomic mass is 10.2. The summed E-state index contributed by atoms with van der Waals surface area (Å²) in [4.78, 5) is 20.4. The number of carbonyl (C=O) groups excluding carboxylic acids is 1. The molecule has 5 heteroatoms. The van der Waals surface area contributed by atoms with E-state index in [1.807, 2.05) is 47.5 Å². The van der Waals surface area contributed by atoms with Crippen LogP contribution in [0.5, 0.6) is 5.75 Å². The third-order valence-corrected chi connectivity index (χ3v) is 4.40. The van der Waals surface area contributed by atoms with E-state index in [9.17, 15) is 4.79 Å². The second-order valence-electron chi connectivity index (χ2n) is 4.76. The predicted octanol–water partition coefficient (Wildman–Crippen LogP) is 3.53. The van der Waals surface area contributed by atoms with Gasteiger partial charge in [-0.2, -0.15) is 5.06 Å². The van der Waals surface area contributed by atoms with Crippen molar-refractivity contribution in [3.8, 4) is 5.75 Å². The van der Waals surface area contributed by atoms with Crippen LogP contribution in [0, 0.1) is 0 Å². The summed E-state index contributed by atoms with van der Waals surface area (Å²) in [5.41, 5.74) is 1.82. The number of fused-ring (bicyclic) bond motifs is 1. The largest absolute Gasteiger partial charge is 0.376 e. The lowest BCUT2D eigenvalue weighted by Gasteiger charge is -2.23. The highest BCUT2D eigenvalue weighted by molar-refractivity contribution is 7.99. The predicted molar refractivity (Wildman–Crippen MR) is 85.8 cm³/mol. The summed E-state index contributed by atoms with van der Waals surface area (Å²) in [6.07, 6.45) is 0. The SMILES string of the molecule is CC(=O)N(C)c1ccccc1ON1CSc2ccccc21. The van der Waals surface area contributed by atoms with E-state index in [0.717, 1.165) is 17.3 Å². The summed E-state index contributed by atoms with van der Waals surface area (Å²) < 4.78 is 0. The fourth-order valence-electron chi connectivity index (χ4n) is 2.16. The molecule has 4 nitrogen and oxygen atoms in total. The average molecular weight is 300 g/mol. The van der Waals surface area contributed by atoms with Crippen LogP contribution in [-0.2, 0) is 4.79 Å². The molecular weight excluding hydrogens is 284 g/mol. The monoisotopic (exact) mass is 300 g/mol. The summed E-state index contributed by atoms with van der Waals surface area (Å²) in [6.45, 7) is 1.54. The number of anilines is 2. The van der Waals surface area contributed by atoms with Gasteiger partial charge in [0, 0.05) is 18.9 Å². The molecule has 21 heavy (non-hydrogen) atoms. The molecule has 1 heterocycles. The highest BCUT2D eigenvalue weighted by atomic mass is 32.2. The van der Waals surface area contributed by atoms with E-state index in [1.54, 1.807) is 23.7 Å². The Balaban J connectivity index is 1.88. The number of benzene rings is 2. The highest BCUT2D eigenvalue weighted by Gasteiger charge is 2.22. The Hall–Kier alpha value is -2.14. The molecule has 2 aromatic carbocycles. The van der Waals surface area contributed by atoms with Gasteiger partial charge < -0.3 is 9.74 Å². The van der Waals surface area contributed by atoms with Crippen molar-refractivity contribution in [2.45, 2.75) is 11.8 Å². The Morgan fingerprint density at radius 1 is 1.19 bits per heavy atom. The van der Waals surface area contributed by atoms with Gasteiger partial charge in [0.15, 0.2) is 5.75 Å². The molecule has 1 aliphatic heterocycles. The normalized spacial score (nSPS) is 13.0. The van der Waals surface area contributed by atoms with Crippen molar-refractivity contribution in [1.82, 2.24) is 0 Å². The number of nitrogens with zero attached hydrogens (tertiary/aromatic N) is 2. The van der Waals surface area contributed by atoms with Gasteiger partial charge in [0.1, 0.15) is 5.88 Å². The summed E-state index contributed by atoms with van der Waals surface area (Å²) in [6, 6.07) is 15.7. The molecule has 0 aromatic heterocycles. The number of amides is 1. The number of para-hydroxylation sites is 3. The maximum absolute atomic E-state index is 11.6. The van der Waals surface area contributed by atoms with Crippen LogP contribution in [0.15, 0.2) is 53.4 Å². The molecule has 0 spiro atoms. The molecule has 0 atom stereocenters. The quantitative estimate of drug-likeness (QED) is 0.868. The van der Waals surface area contributed by atoms with Gasteiger partial charge in [-0.05, 0) is 24.3 Å².